The Morgan fingerprint density at radius 3 is 2.20 bits per heavy atom. The first-order valence-electron chi connectivity index (χ1n) is 7.11. The Labute approximate surface area is 120 Å². The van der Waals surface area contributed by atoms with Gasteiger partial charge in [0.15, 0.2) is 0 Å². The molecule has 0 heterocycles. The molecule has 0 unspecified atom stereocenters. The van der Waals surface area contributed by atoms with Gasteiger partial charge in [-0.05, 0) is 36.1 Å². The smallest absolute Gasteiger partial charge is 0.311 e. The van der Waals surface area contributed by atoms with Gasteiger partial charge in [-0.15, -0.1) is 0 Å². The standard InChI is InChI=1S/C18H20O2/c1-2-6-15-9-12-17(13-10-15)20-18(19)14-11-16-7-4-3-5-8-16/h3-5,7-10,12-13H,2,6,11,14H2,1H3. The lowest BCUT2D eigenvalue weighted by molar-refractivity contribution is -0.134. The summed E-state index contributed by atoms with van der Waals surface area (Å²) < 4.78 is 5.33. The summed E-state index contributed by atoms with van der Waals surface area (Å²) in [5, 5.41) is 0. The number of carbonyl (C=O) groups excluding carboxylic acids is 1. The van der Waals surface area contributed by atoms with Gasteiger partial charge in [-0.25, -0.2) is 0 Å². The largest absolute Gasteiger partial charge is 0.427 e. The van der Waals surface area contributed by atoms with E-state index in [2.05, 4.69) is 6.92 Å². The summed E-state index contributed by atoms with van der Waals surface area (Å²) in [5.74, 6) is 0.444. The quantitative estimate of drug-likeness (QED) is 0.580. The highest BCUT2D eigenvalue weighted by molar-refractivity contribution is 5.72. The number of aryl methyl sites for hydroxylation is 2. The Hall–Kier alpha value is -2.09. The molecular formula is C18H20O2. The Kier molecular flexibility index (Phi) is 5.36. The molecule has 0 aromatic heterocycles. The number of carbonyl (C=O) groups is 1. The second-order valence-electron chi connectivity index (χ2n) is 4.85. The van der Waals surface area contributed by atoms with Gasteiger partial charge >= 0.3 is 5.97 Å². The molecule has 0 radical (unpaired) electrons. The fourth-order valence-corrected chi connectivity index (χ4v) is 2.09. The average Bonchev–Trinajstić information content (AvgIpc) is 2.49. The maximum absolute atomic E-state index is 11.8. The number of hydrogen-bond acceptors (Lipinski definition) is 2. The molecule has 0 saturated carbocycles. The molecule has 0 atom stereocenters. The van der Waals surface area contributed by atoms with Crippen molar-refractivity contribution in [2.24, 2.45) is 0 Å². The molecule has 2 aromatic carbocycles. The molecular weight excluding hydrogens is 248 g/mol. The predicted molar refractivity (Wildman–Crippen MR) is 80.8 cm³/mol. The van der Waals surface area contributed by atoms with E-state index in [-0.39, 0.29) is 5.97 Å². The van der Waals surface area contributed by atoms with Crippen molar-refractivity contribution >= 4 is 5.97 Å². The summed E-state index contributed by atoms with van der Waals surface area (Å²) >= 11 is 0. The molecule has 2 nitrogen and oxygen atoms in total. The first kappa shape index (κ1) is 14.3. The maximum Gasteiger partial charge on any atom is 0.311 e. The Morgan fingerprint density at radius 2 is 1.55 bits per heavy atom. The van der Waals surface area contributed by atoms with Gasteiger partial charge in [0.05, 0.1) is 0 Å². The van der Waals surface area contributed by atoms with Crippen molar-refractivity contribution in [2.45, 2.75) is 32.6 Å². The van der Waals surface area contributed by atoms with Crippen molar-refractivity contribution in [2.75, 3.05) is 0 Å². The molecule has 2 aromatic rings. The monoisotopic (exact) mass is 268 g/mol. The second-order valence-corrected chi connectivity index (χ2v) is 4.85. The van der Waals surface area contributed by atoms with E-state index in [1.54, 1.807) is 0 Å². The molecule has 20 heavy (non-hydrogen) atoms. The van der Waals surface area contributed by atoms with Crippen LogP contribution in [0.2, 0.25) is 0 Å². The van der Waals surface area contributed by atoms with Crippen molar-refractivity contribution in [1.82, 2.24) is 0 Å². The number of esters is 1. The maximum atomic E-state index is 11.8. The first-order valence-corrected chi connectivity index (χ1v) is 7.11. The molecule has 0 bridgehead atoms. The molecule has 2 heteroatoms. The van der Waals surface area contributed by atoms with Crippen LogP contribution in [-0.4, -0.2) is 5.97 Å². The highest BCUT2D eigenvalue weighted by Gasteiger charge is 2.05. The van der Waals surface area contributed by atoms with Crippen molar-refractivity contribution in [3.8, 4) is 5.75 Å². The third-order valence-electron chi connectivity index (χ3n) is 3.15. The van der Waals surface area contributed by atoms with Gasteiger partial charge in [0.2, 0.25) is 0 Å². The molecule has 104 valence electrons. The van der Waals surface area contributed by atoms with Gasteiger partial charge in [0, 0.05) is 6.42 Å². The summed E-state index contributed by atoms with van der Waals surface area (Å²) in [7, 11) is 0. The second kappa shape index (κ2) is 7.49. The molecule has 0 aliphatic rings. The van der Waals surface area contributed by atoms with Crippen LogP contribution < -0.4 is 4.74 Å². The van der Waals surface area contributed by atoms with Gasteiger partial charge < -0.3 is 4.74 Å². The molecule has 0 N–H and O–H groups in total. The van der Waals surface area contributed by atoms with Crippen LogP contribution in [0.25, 0.3) is 0 Å². The van der Waals surface area contributed by atoms with Gasteiger partial charge in [0.1, 0.15) is 5.75 Å². The molecule has 0 amide bonds. The average molecular weight is 268 g/mol. The highest BCUT2D eigenvalue weighted by Crippen LogP contribution is 2.14. The number of hydrogen-bond donors (Lipinski definition) is 0. The van der Waals surface area contributed by atoms with E-state index in [9.17, 15) is 4.79 Å². The van der Waals surface area contributed by atoms with Gasteiger partial charge in [-0.3, -0.25) is 4.79 Å². The van der Waals surface area contributed by atoms with Gasteiger partial charge in [0.25, 0.3) is 0 Å². The minimum Gasteiger partial charge on any atom is -0.427 e. The highest BCUT2D eigenvalue weighted by atomic mass is 16.5. The van der Waals surface area contributed by atoms with E-state index >= 15 is 0 Å². The van der Waals surface area contributed by atoms with E-state index in [0.717, 1.165) is 18.4 Å². The Bertz CT molecular complexity index is 529. The van der Waals surface area contributed by atoms with Gasteiger partial charge in [-0.1, -0.05) is 55.8 Å². The normalized spacial score (nSPS) is 10.2. The van der Waals surface area contributed by atoms with Crippen LogP contribution in [0, 0.1) is 0 Å². The molecule has 0 saturated heterocycles. The molecule has 0 aliphatic heterocycles. The molecule has 0 aliphatic carbocycles. The van der Waals surface area contributed by atoms with Crippen LogP contribution in [0.15, 0.2) is 54.6 Å². The Morgan fingerprint density at radius 1 is 0.900 bits per heavy atom. The zero-order valence-electron chi connectivity index (χ0n) is 11.8. The number of ether oxygens (including phenoxy) is 1. The SMILES string of the molecule is CCCc1ccc(OC(=O)CCc2ccccc2)cc1. The van der Waals surface area contributed by atoms with Gasteiger partial charge in [-0.2, -0.15) is 0 Å². The fourth-order valence-electron chi connectivity index (χ4n) is 2.09. The van der Waals surface area contributed by atoms with Crippen molar-refractivity contribution in [1.29, 1.82) is 0 Å². The van der Waals surface area contributed by atoms with E-state index < -0.39 is 0 Å². The number of benzene rings is 2. The van der Waals surface area contributed by atoms with Crippen LogP contribution in [0.4, 0.5) is 0 Å². The summed E-state index contributed by atoms with van der Waals surface area (Å²) in [4.78, 5) is 11.8. The van der Waals surface area contributed by atoms with E-state index in [1.165, 1.54) is 5.56 Å². The van der Waals surface area contributed by atoms with Crippen molar-refractivity contribution < 1.29 is 9.53 Å². The zero-order chi connectivity index (χ0) is 14.2. The summed E-state index contributed by atoms with van der Waals surface area (Å²) in [6.07, 6.45) is 3.30. The van der Waals surface area contributed by atoms with E-state index in [4.69, 9.17) is 4.74 Å². The fraction of sp³-hybridized carbons (Fsp3) is 0.278. The van der Waals surface area contributed by atoms with E-state index in [0.29, 0.717) is 18.6 Å². The van der Waals surface area contributed by atoms with E-state index in [1.807, 2.05) is 54.6 Å². The van der Waals surface area contributed by atoms with Crippen LogP contribution in [-0.2, 0) is 17.6 Å². The van der Waals surface area contributed by atoms with Crippen molar-refractivity contribution in [3.63, 3.8) is 0 Å². The molecule has 0 fully saturated rings. The Balaban J connectivity index is 1.82. The lowest BCUT2D eigenvalue weighted by atomic mass is 10.1. The topological polar surface area (TPSA) is 26.3 Å². The van der Waals surface area contributed by atoms with Crippen LogP contribution in [0.3, 0.4) is 0 Å². The zero-order valence-corrected chi connectivity index (χ0v) is 11.8. The van der Waals surface area contributed by atoms with Crippen molar-refractivity contribution in [3.05, 3.63) is 65.7 Å². The van der Waals surface area contributed by atoms with Crippen LogP contribution >= 0.6 is 0 Å². The summed E-state index contributed by atoms with van der Waals surface area (Å²) in [6.45, 7) is 2.15. The third kappa shape index (κ3) is 4.54. The predicted octanol–water partition coefficient (Wildman–Crippen LogP) is 4.18. The lowest BCUT2D eigenvalue weighted by Gasteiger charge is -2.05. The van der Waals surface area contributed by atoms with Crippen LogP contribution in [0.5, 0.6) is 5.75 Å². The number of rotatable bonds is 6. The lowest BCUT2D eigenvalue weighted by Crippen LogP contribution is -2.09. The molecule has 2 rings (SSSR count). The third-order valence-corrected chi connectivity index (χ3v) is 3.15. The first-order chi connectivity index (χ1) is 9.78. The minimum atomic E-state index is -0.183. The minimum absolute atomic E-state index is 0.183. The molecule has 0 spiro atoms. The summed E-state index contributed by atoms with van der Waals surface area (Å²) in [5.41, 5.74) is 2.43. The van der Waals surface area contributed by atoms with Crippen LogP contribution in [0.1, 0.15) is 30.9 Å². The summed E-state index contributed by atoms with van der Waals surface area (Å²) in [6, 6.07) is 17.7.